The van der Waals surface area contributed by atoms with E-state index >= 15 is 0 Å². The van der Waals surface area contributed by atoms with E-state index in [1.54, 1.807) is 0 Å². The molecule has 0 atom stereocenters. The molecule has 0 amide bonds. The van der Waals surface area contributed by atoms with E-state index in [4.69, 9.17) is 0 Å². The predicted octanol–water partition coefficient (Wildman–Crippen LogP) is -2.47. The van der Waals surface area contributed by atoms with Crippen molar-refractivity contribution in [1.82, 2.24) is 0 Å². The average Bonchev–Trinajstić information content (AvgIpc) is 2.75. The fourth-order valence-corrected chi connectivity index (χ4v) is 4.13. The van der Waals surface area contributed by atoms with Crippen LogP contribution >= 0.6 is 0 Å². The van der Waals surface area contributed by atoms with Crippen LogP contribution in [0.2, 0.25) is 0 Å². The van der Waals surface area contributed by atoms with Gasteiger partial charge in [0.1, 0.15) is 0 Å². The number of allylic oxidation sites excluding steroid dienone is 4. The fraction of sp³-hybridized carbons (Fsp3) is 0.333. The molecule has 4 heteroatoms. The minimum Gasteiger partial charge on any atom is -1.00 e. The number of aryl methyl sites for hydroxylation is 4. The Labute approximate surface area is 204 Å². The molecule has 28 heavy (non-hydrogen) atoms. The molecule has 0 saturated carbocycles. The number of hydrogen-bond donors (Lipinski definition) is 0. The molecule has 1 aliphatic carbocycles. The Balaban J connectivity index is 0. The normalized spacial score (nSPS) is 12.5. The van der Waals surface area contributed by atoms with Crippen LogP contribution in [0.3, 0.4) is 0 Å². The Hall–Kier alpha value is -0.496. The summed E-state index contributed by atoms with van der Waals surface area (Å²) < 4.78 is 0. The van der Waals surface area contributed by atoms with Gasteiger partial charge in [-0.25, -0.2) is 11.6 Å². The molecule has 148 valence electrons. The summed E-state index contributed by atoms with van der Waals surface area (Å²) in [6.45, 7) is 13.2. The van der Waals surface area contributed by atoms with Crippen molar-refractivity contribution in [3.05, 3.63) is 92.6 Å². The van der Waals surface area contributed by atoms with Gasteiger partial charge in [-0.05, 0) is 33.6 Å². The summed E-state index contributed by atoms with van der Waals surface area (Å²) in [6.07, 6.45) is 4.58. The van der Waals surface area contributed by atoms with E-state index in [-0.39, 0.29) is 58.9 Å². The zero-order valence-corrected chi connectivity index (χ0v) is 21.2. The van der Waals surface area contributed by atoms with Crippen molar-refractivity contribution < 1.29 is 58.9 Å². The quantitative estimate of drug-likeness (QED) is 0.345. The van der Waals surface area contributed by atoms with Crippen molar-refractivity contribution in [1.29, 1.82) is 0 Å². The molecule has 0 heterocycles. The number of halogens is 3. The second-order valence-electron chi connectivity index (χ2n) is 7.51. The van der Waals surface area contributed by atoms with Crippen LogP contribution in [0.1, 0.15) is 59.6 Å². The Morgan fingerprint density at radius 3 is 1.29 bits per heavy atom. The average molecular weight is 470 g/mol. The molecule has 3 rings (SSSR count). The Kier molecular flexibility index (Phi) is 13.0. The van der Waals surface area contributed by atoms with Crippen LogP contribution < -0.4 is 37.2 Å². The van der Waals surface area contributed by atoms with Crippen LogP contribution in [-0.4, -0.2) is 0 Å². The van der Waals surface area contributed by atoms with Crippen molar-refractivity contribution in [2.45, 2.75) is 53.9 Å². The van der Waals surface area contributed by atoms with E-state index in [2.05, 4.69) is 84.0 Å². The Morgan fingerprint density at radius 1 is 0.643 bits per heavy atom. The van der Waals surface area contributed by atoms with Gasteiger partial charge in [-0.1, -0.05) is 90.0 Å². The molecule has 0 spiro atoms. The number of rotatable bonds is 3. The first-order chi connectivity index (χ1) is 11.3. The summed E-state index contributed by atoms with van der Waals surface area (Å²) >= 11 is 0. The SMILES string of the molecule is CC1=[C-]C(C)=C(C(c2cc(C)cc(C)c2)c2cc(C)cc(C)c2)C1.[Cl-].[Cl-].[Cl-].[Ti+4]. The van der Waals surface area contributed by atoms with Crippen molar-refractivity contribution in [2.24, 2.45) is 0 Å². The number of hydrogen-bond acceptors (Lipinski definition) is 0. The van der Waals surface area contributed by atoms with E-state index in [0.29, 0.717) is 5.92 Å². The third kappa shape index (κ3) is 6.79. The molecule has 0 radical (unpaired) electrons. The maximum Gasteiger partial charge on any atom is 4.00 e. The molecular formula is C24H27Cl3Ti. The molecule has 2 aromatic carbocycles. The Morgan fingerprint density at radius 2 is 1.00 bits per heavy atom. The predicted molar refractivity (Wildman–Crippen MR) is 103 cm³/mol. The molecule has 0 aromatic heterocycles. The van der Waals surface area contributed by atoms with Gasteiger partial charge in [0.05, 0.1) is 0 Å². The van der Waals surface area contributed by atoms with Gasteiger partial charge in [0.15, 0.2) is 0 Å². The molecule has 0 N–H and O–H groups in total. The largest absolute Gasteiger partial charge is 4.00 e. The minimum absolute atomic E-state index is 0. The first-order valence-electron chi connectivity index (χ1n) is 8.79. The van der Waals surface area contributed by atoms with Crippen molar-refractivity contribution in [2.75, 3.05) is 0 Å². The van der Waals surface area contributed by atoms with Crippen molar-refractivity contribution in [3.8, 4) is 0 Å². The molecule has 1 aliphatic rings. The number of benzene rings is 2. The van der Waals surface area contributed by atoms with Gasteiger partial charge < -0.3 is 37.2 Å². The molecule has 0 saturated heterocycles. The summed E-state index contributed by atoms with van der Waals surface area (Å²) in [5.74, 6) is 0.326. The summed E-state index contributed by atoms with van der Waals surface area (Å²) in [7, 11) is 0. The van der Waals surface area contributed by atoms with E-state index in [1.165, 1.54) is 50.1 Å². The molecule has 0 aliphatic heterocycles. The van der Waals surface area contributed by atoms with Crippen molar-refractivity contribution in [3.63, 3.8) is 0 Å². The molecule has 0 nitrogen and oxygen atoms in total. The second kappa shape index (κ2) is 12.3. The Bertz CT molecular complexity index is 774. The maximum absolute atomic E-state index is 3.54. The molecular weight excluding hydrogens is 442 g/mol. The zero-order chi connectivity index (χ0) is 17.4. The summed E-state index contributed by atoms with van der Waals surface area (Å²) in [6, 6.07) is 13.9. The minimum atomic E-state index is 0. The fourth-order valence-electron chi connectivity index (χ4n) is 4.13. The van der Waals surface area contributed by atoms with E-state index in [9.17, 15) is 0 Å². The van der Waals surface area contributed by atoms with Crippen LogP contribution in [-0.2, 0) is 21.7 Å². The van der Waals surface area contributed by atoms with Gasteiger partial charge in [-0.15, -0.1) is 0 Å². The van der Waals surface area contributed by atoms with Gasteiger partial charge in [-0.2, -0.15) is 11.1 Å². The monoisotopic (exact) mass is 468 g/mol. The second-order valence-corrected chi connectivity index (χ2v) is 7.51. The van der Waals surface area contributed by atoms with Crippen LogP contribution in [0.15, 0.2) is 53.1 Å². The first kappa shape index (κ1) is 29.7. The van der Waals surface area contributed by atoms with Gasteiger partial charge in [-0.3, -0.25) is 0 Å². The third-order valence-electron chi connectivity index (χ3n) is 4.84. The van der Waals surface area contributed by atoms with Crippen LogP contribution in [0, 0.1) is 33.8 Å². The topological polar surface area (TPSA) is 0 Å². The van der Waals surface area contributed by atoms with Crippen molar-refractivity contribution >= 4 is 0 Å². The van der Waals surface area contributed by atoms with Crippen LogP contribution in [0.5, 0.6) is 0 Å². The summed E-state index contributed by atoms with van der Waals surface area (Å²) in [5.41, 5.74) is 12.3. The smallest absolute Gasteiger partial charge is 1.00 e. The van der Waals surface area contributed by atoms with E-state index < -0.39 is 0 Å². The van der Waals surface area contributed by atoms with E-state index in [1.807, 2.05) is 0 Å². The summed E-state index contributed by atoms with van der Waals surface area (Å²) in [5, 5.41) is 0. The summed E-state index contributed by atoms with van der Waals surface area (Å²) in [4.78, 5) is 0. The molecule has 0 unspecified atom stereocenters. The van der Waals surface area contributed by atoms with Gasteiger partial charge >= 0.3 is 21.7 Å². The zero-order valence-electron chi connectivity index (χ0n) is 17.4. The third-order valence-corrected chi connectivity index (χ3v) is 4.84. The van der Waals surface area contributed by atoms with E-state index in [0.717, 1.165) is 6.42 Å². The standard InChI is InChI=1S/C24H27.3ClH.Ti/c1-15-7-16(2)11-21(10-15)24(23-14-19(5)9-20(23)6)22-12-17(3)8-18(4)13-22;;;;/h7-8,10-13,24H,14H2,1-6H3;3*1H;/q-1;;;;+4/p-3. The van der Waals surface area contributed by atoms with Crippen LogP contribution in [0.4, 0.5) is 0 Å². The van der Waals surface area contributed by atoms with Crippen LogP contribution in [0.25, 0.3) is 0 Å². The van der Waals surface area contributed by atoms with Gasteiger partial charge in [0.25, 0.3) is 0 Å². The van der Waals surface area contributed by atoms with Gasteiger partial charge in [0, 0.05) is 0 Å². The van der Waals surface area contributed by atoms with Gasteiger partial charge in [0.2, 0.25) is 0 Å². The molecule has 0 bridgehead atoms. The molecule has 0 fully saturated rings. The molecule has 2 aromatic rings. The first-order valence-corrected chi connectivity index (χ1v) is 8.79. The maximum atomic E-state index is 3.54.